The van der Waals surface area contributed by atoms with Crippen molar-refractivity contribution < 1.29 is 9.59 Å². The van der Waals surface area contributed by atoms with Gasteiger partial charge in [0.05, 0.1) is 11.0 Å². The van der Waals surface area contributed by atoms with Gasteiger partial charge in [-0.05, 0) is 31.2 Å². The number of carbonyl (C=O) groups excluding carboxylic acids is 2. The van der Waals surface area contributed by atoms with Crippen LogP contribution in [0.3, 0.4) is 0 Å². The molecule has 1 aromatic carbocycles. The Hall–Kier alpha value is -3.22. The number of rotatable bonds is 4. The van der Waals surface area contributed by atoms with Crippen molar-refractivity contribution in [2.45, 2.75) is 13.0 Å². The Bertz CT molecular complexity index is 811. The molecule has 2 heterocycles. The predicted octanol–water partition coefficient (Wildman–Crippen LogP) is 1.71. The SMILES string of the molecule is C[C@H](NC(=O)c1ccncc1)C(=O)Nc1nc2ccccc2[nH]1. The van der Waals surface area contributed by atoms with Gasteiger partial charge in [0.2, 0.25) is 11.9 Å². The fourth-order valence-corrected chi connectivity index (χ4v) is 2.09. The van der Waals surface area contributed by atoms with Gasteiger partial charge in [0.15, 0.2) is 0 Å². The first-order valence-electron chi connectivity index (χ1n) is 7.10. The highest BCUT2D eigenvalue weighted by Crippen LogP contribution is 2.13. The minimum atomic E-state index is -0.705. The average Bonchev–Trinajstić information content (AvgIpc) is 2.97. The van der Waals surface area contributed by atoms with E-state index in [4.69, 9.17) is 0 Å². The van der Waals surface area contributed by atoms with E-state index in [0.717, 1.165) is 11.0 Å². The summed E-state index contributed by atoms with van der Waals surface area (Å²) in [6, 6.07) is 9.92. The molecule has 116 valence electrons. The van der Waals surface area contributed by atoms with Crippen LogP contribution in [0.2, 0.25) is 0 Å². The third-order valence-electron chi connectivity index (χ3n) is 3.31. The molecular weight excluding hydrogens is 294 g/mol. The molecule has 0 fully saturated rings. The summed E-state index contributed by atoms with van der Waals surface area (Å²) in [5.74, 6) is -0.340. The van der Waals surface area contributed by atoms with Crippen LogP contribution in [0.15, 0.2) is 48.8 Å². The molecule has 1 atom stereocenters. The van der Waals surface area contributed by atoms with Crippen LogP contribution in [0.25, 0.3) is 11.0 Å². The monoisotopic (exact) mass is 309 g/mol. The number of aromatic nitrogens is 3. The molecule has 3 aromatic rings. The Morgan fingerprint density at radius 3 is 2.61 bits per heavy atom. The molecule has 0 radical (unpaired) electrons. The Morgan fingerprint density at radius 2 is 1.87 bits per heavy atom. The number of hydrogen-bond acceptors (Lipinski definition) is 4. The van der Waals surface area contributed by atoms with Crippen LogP contribution < -0.4 is 10.6 Å². The van der Waals surface area contributed by atoms with Gasteiger partial charge in [0.1, 0.15) is 6.04 Å². The first kappa shape index (κ1) is 14.7. The smallest absolute Gasteiger partial charge is 0.252 e. The van der Waals surface area contributed by atoms with Gasteiger partial charge in [-0.1, -0.05) is 12.1 Å². The summed E-state index contributed by atoms with van der Waals surface area (Å²) in [7, 11) is 0. The molecule has 0 unspecified atom stereocenters. The number of hydrogen-bond donors (Lipinski definition) is 3. The topological polar surface area (TPSA) is 99.8 Å². The van der Waals surface area contributed by atoms with Gasteiger partial charge in [-0.2, -0.15) is 0 Å². The number of para-hydroxylation sites is 2. The molecule has 0 aliphatic heterocycles. The van der Waals surface area contributed by atoms with E-state index in [9.17, 15) is 9.59 Å². The van der Waals surface area contributed by atoms with Crippen LogP contribution >= 0.6 is 0 Å². The molecule has 0 saturated heterocycles. The van der Waals surface area contributed by atoms with Gasteiger partial charge in [-0.3, -0.25) is 19.9 Å². The Morgan fingerprint density at radius 1 is 1.13 bits per heavy atom. The van der Waals surface area contributed by atoms with E-state index in [1.807, 2.05) is 24.3 Å². The normalized spacial score (nSPS) is 11.9. The zero-order valence-corrected chi connectivity index (χ0v) is 12.4. The lowest BCUT2D eigenvalue weighted by Crippen LogP contribution is -2.41. The molecule has 0 spiro atoms. The largest absolute Gasteiger partial charge is 0.341 e. The zero-order chi connectivity index (χ0) is 16.2. The van der Waals surface area contributed by atoms with E-state index in [0.29, 0.717) is 11.5 Å². The van der Waals surface area contributed by atoms with Crippen molar-refractivity contribution in [2.24, 2.45) is 0 Å². The molecule has 23 heavy (non-hydrogen) atoms. The van der Waals surface area contributed by atoms with Crippen LogP contribution in [0.4, 0.5) is 5.95 Å². The molecule has 7 heteroatoms. The second kappa shape index (κ2) is 6.27. The van der Waals surface area contributed by atoms with E-state index < -0.39 is 6.04 Å². The van der Waals surface area contributed by atoms with E-state index in [1.54, 1.807) is 19.1 Å². The third kappa shape index (κ3) is 3.34. The lowest BCUT2D eigenvalue weighted by Gasteiger charge is -2.12. The number of fused-ring (bicyclic) bond motifs is 1. The van der Waals surface area contributed by atoms with Crippen molar-refractivity contribution in [3.8, 4) is 0 Å². The van der Waals surface area contributed by atoms with Crippen molar-refractivity contribution in [3.63, 3.8) is 0 Å². The number of nitrogens with zero attached hydrogens (tertiary/aromatic N) is 2. The summed E-state index contributed by atoms with van der Waals surface area (Å²) < 4.78 is 0. The molecule has 0 aliphatic rings. The summed E-state index contributed by atoms with van der Waals surface area (Å²) >= 11 is 0. The van der Waals surface area contributed by atoms with Crippen LogP contribution in [-0.2, 0) is 4.79 Å². The van der Waals surface area contributed by atoms with E-state index >= 15 is 0 Å². The van der Waals surface area contributed by atoms with Gasteiger partial charge in [-0.15, -0.1) is 0 Å². The Kier molecular flexibility index (Phi) is 4.01. The molecule has 2 aromatic heterocycles. The van der Waals surface area contributed by atoms with Crippen LogP contribution in [0.1, 0.15) is 17.3 Å². The number of pyridine rings is 1. The number of benzene rings is 1. The minimum absolute atomic E-state index is 0.334. The fraction of sp³-hybridized carbons (Fsp3) is 0.125. The quantitative estimate of drug-likeness (QED) is 0.683. The van der Waals surface area contributed by atoms with E-state index in [1.165, 1.54) is 12.4 Å². The first-order valence-corrected chi connectivity index (χ1v) is 7.10. The van der Waals surface area contributed by atoms with Gasteiger partial charge < -0.3 is 10.3 Å². The number of amides is 2. The summed E-state index contributed by atoms with van der Waals surface area (Å²) in [4.78, 5) is 35.3. The highest BCUT2D eigenvalue weighted by atomic mass is 16.2. The van der Waals surface area contributed by atoms with Gasteiger partial charge in [-0.25, -0.2) is 4.98 Å². The van der Waals surface area contributed by atoms with Crippen LogP contribution in [0, 0.1) is 0 Å². The third-order valence-corrected chi connectivity index (χ3v) is 3.31. The predicted molar refractivity (Wildman–Crippen MR) is 85.9 cm³/mol. The summed E-state index contributed by atoms with van der Waals surface area (Å²) in [6.45, 7) is 1.61. The highest BCUT2D eigenvalue weighted by Gasteiger charge is 2.17. The van der Waals surface area contributed by atoms with Crippen molar-refractivity contribution in [1.82, 2.24) is 20.3 Å². The Balaban J connectivity index is 1.64. The van der Waals surface area contributed by atoms with E-state index in [-0.39, 0.29) is 11.8 Å². The van der Waals surface area contributed by atoms with Crippen LogP contribution in [-0.4, -0.2) is 32.8 Å². The molecular formula is C16H15N5O2. The first-order chi connectivity index (χ1) is 11.1. The van der Waals surface area contributed by atoms with Crippen molar-refractivity contribution in [3.05, 3.63) is 54.4 Å². The zero-order valence-electron chi connectivity index (χ0n) is 12.4. The minimum Gasteiger partial charge on any atom is -0.341 e. The van der Waals surface area contributed by atoms with Gasteiger partial charge in [0.25, 0.3) is 5.91 Å². The van der Waals surface area contributed by atoms with Crippen molar-refractivity contribution in [2.75, 3.05) is 5.32 Å². The Labute approximate surface area is 132 Å². The maximum absolute atomic E-state index is 12.2. The fourth-order valence-electron chi connectivity index (χ4n) is 2.09. The molecule has 3 rings (SSSR count). The second-order valence-electron chi connectivity index (χ2n) is 5.02. The average molecular weight is 309 g/mol. The van der Waals surface area contributed by atoms with Crippen molar-refractivity contribution in [1.29, 1.82) is 0 Å². The molecule has 3 N–H and O–H groups in total. The molecule has 2 amide bonds. The number of nitrogens with one attached hydrogen (secondary N) is 3. The van der Waals surface area contributed by atoms with Gasteiger partial charge in [0, 0.05) is 18.0 Å². The maximum atomic E-state index is 12.2. The standard InChI is InChI=1S/C16H15N5O2/c1-10(18-15(23)11-6-8-17-9-7-11)14(22)21-16-19-12-4-2-3-5-13(12)20-16/h2-10H,1H3,(H,18,23)(H2,19,20,21,22)/t10-/m0/s1. The lowest BCUT2D eigenvalue weighted by molar-refractivity contribution is -0.117. The number of aromatic amines is 1. The molecule has 0 aliphatic carbocycles. The molecule has 7 nitrogen and oxygen atoms in total. The second-order valence-corrected chi connectivity index (χ2v) is 5.02. The number of H-pyrrole nitrogens is 1. The summed E-state index contributed by atoms with van der Waals surface area (Å²) in [5.41, 5.74) is 2.04. The molecule has 0 bridgehead atoms. The lowest BCUT2D eigenvalue weighted by atomic mass is 10.2. The highest BCUT2D eigenvalue weighted by molar-refractivity contribution is 6.00. The van der Waals surface area contributed by atoms with E-state index in [2.05, 4.69) is 25.6 Å². The van der Waals surface area contributed by atoms with Crippen LogP contribution in [0.5, 0.6) is 0 Å². The van der Waals surface area contributed by atoms with Crippen molar-refractivity contribution >= 4 is 28.8 Å². The number of carbonyl (C=O) groups is 2. The maximum Gasteiger partial charge on any atom is 0.252 e. The number of anilines is 1. The molecule has 0 saturated carbocycles. The summed E-state index contributed by atoms with van der Waals surface area (Å²) in [6.07, 6.45) is 3.04. The van der Waals surface area contributed by atoms with Gasteiger partial charge >= 0.3 is 0 Å². The summed E-state index contributed by atoms with van der Waals surface area (Å²) in [5, 5.41) is 5.28. The number of imidazole rings is 1.